The highest BCUT2D eigenvalue weighted by atomic mass is 16.1. The minimum absolute atomic E-state index is 0.000878. The first kappa shape index (κ1) is 20.6. The average molecular weight is 346 g/mol. The van der Waals surface area contributed by atoms with Crippen LogP contribution in [-0.4, -0.2) is 33.4 Å². The summed E-state index contributed by atoms with van der Waals surface area (Å²) in [7, 11) is 0. The summed E-state index contributed by atoms with van der Waals surface area (Å²) in [5.74, 6) is 0.714. The van der Waals surface area contributed by atoms with E-state index in [1.54, 1.807) is 0 Å². The van der Waals surface area contributed by atoms with Crippen LogP contribution in [0.1, 0.15) is 53.0 Å². The van der Waals surface area contributed by atoms with Gasteiger partial charge in [0.1, 0.15) is 5.52 Å². The number of carbonyl (C=O) groups excluding carboxylic acids is 1. The molecule has 2 aromatic heterocycles. The molecule has 7 heteroatoms. The number of aryl methyl sites for hydroxylation is 1. The fraction of sp³-hybridized carbons (Fsp3) is 0.556. The molecule has 2 heterocycles. The van der Waals surface area contributed by atoms with Crippen molar-refractivity contribution < 1.29 is 4.79 Å². The van der Waals surface area contributed by atoms with E-state index in [-0.39, 0.29) is 17.9 Å². The van der Waals surface area contributed by atoms with E-state index in [0.29, 0.717) is 17.9 Å². The number of nitrogen functional groups attached to an aromatic ring is 1. The molecule has 0 radical (unpaired) electrons. The first-order chi connectivity index (χ1) is 11.9. The Bertz CT molecular complexity index is 687. The summed E-state index contributed by atoms with van der Waals surface area (Å²) in [4.78, 5) is 23.8. The third kappa shape index (κ3) is 6.91. The molecule has 0 aromatic carbocycles. The van der Waals surface area contributed by atoms with Crippen LogP contribution in [-0.2, 0) is 11.2 Å². The Morgan fingerprint density at radius 2 is 1.92 bits per heavy atom. The molecule has 0 aliphatic heterocycles. The number of carbonyl (C=O) groups is 1. The zero-order valence-electron chi connectivity index (χ0n) is 15.9. The second kappa shape index (κ2) is 10.4. The van der Waals surface area contributed by atoms with E-state index in [2.05, 4.69) is 46.4 Å². The van der Waals surface area contributed by atoms with Crippen molar-refractivity contribution >= 4 is 28.7 Å². The van der Waals surface area contributed by atoms with Gasteiger partial charge in [0.25, 0.3) is 0 Å². The Morgan fingerprint density at radius 3 is 2.48 bits per heavy atom. The van der Waals surface area contributed by atoms with Gasteiger partial charge in [-0.15, -0.1) is 0 Å². The summed E-state index contributed by atoms with van der Waals surface area (Å²) in [6.07, 6.45) is 5.33. The lowest BCUT2D eigenvalue weighted by Gasteiger charge is -2.16. The van der Waals surface area contributed by atoms with E-state index in [1.165, 1.54) is 19.8 Å². The fourth-order valence-electron chi connectivity index (χ4n) is 1.95. The summed E-state index contributed by atoms with van der Waals surface area (Å²) in [6.45, 7) is 10.3. The SMILES string of the molecule is CCCC.CCc1cnc2c(N[C@@H](C)CNC(C)=O)nc(N)nc2c1. The maximum Gasteiger partial charge on any atom is 0.222 e. The lowest BCUT2D eigenvalue weighted by Crippen LogP contribution is -2.33. The first-order valence-corrected chi connectivity index (χ1v) is 8.84. The number of nitrogens with one attached hydrogen (secondary N) is 2. The van der Waals surface area contributed by atoms with Crippen LogP contribution in [0, 0.1) is 0 Å². The molecule has 0 aliphatic carbocycles. The summed E-state index contributed by atoms with van der Waals surface area (Å²) in [5.41, 5.74) is 8.25. The summed E-state index contributed by atoms with van der Waals surface area (Å²) < 4.78 is 0. The van der Waals surface area contributed by atoms with Crippen LogP contribution in [0.4, 0.5) is 11.8 Å². The molecule has 25 heavy (non-hydrogen) atoms. The van der Waals surface area contributed by atoms with E-state index in [4.69, 9.17) is 5.73 Å². The van der Waals surface area contributed by atoms with E-state index in [0.717, 1.165) is 17.5 Å². The number of unbranched alkanes of at least 4 members (excludes halogenated alkanes) is 1. The molecule has 0 aliphatic rings. The van der Waals surface area contributed by atoms with Crippen molar-refractivity contribution in [1.82, 2.24) is 20.3 Å². The molecule has 1 amide bonds. The molecule has 0 saturated heterocycles. The zero-order valence-corrected chi connectivity index (χ0v) is 15.9. The number of nitrogens with two attached hydrogens (primary N) is 1. The predicted molar refractivity (Wildman–Crippen MR) is 103 cm³/mol. The predicted octanol–water partition coefficient (Wildman–Crippen LogP) is 2.91. The first-order valence-electron chi connectivity index (χ1n) is 8.84. The van der Waals surface area contributed by atoms with Gasteiger partial charge in [0.2, 0.25) is 11.9 Å². The van der Waals surface area contributed by atoms with Crippen molar-refractivity contribution in [3.63, 3.8) is 0 Å². The van der Waals surface area contributed by atoms with Gasteiger partial charge < -0.3 is 16.4 Å². The van der Waals surface area contributed by atoms with Crippen LogP contribution in [0.3, 0.4) is 0 Å². The van der Waals surface area contributed by atoms with Crippen LogP contribution in [0.2, 0.25) is 0 Å². The van der Waals surface area contributed by atoms with Crippen LogP contribution in [0.5, 0.6) is 0 Å². The largest absolute Gasteiger partial charge is 0.368 e. The van der Waals surface area contributed by atoms with Crippen molar-refractivity contribution in [2.24, 2.45) is 0 Å². The highest BCUT2D eigenvalue weighted by Crippen LogP contribution is 2.20. The zero-order chi connectivity index (χ0) is 18.8. The number of hydrogen-bond acceptors (Lipinski definition) is 6. The minimum Gasteiger partial charge on any atom is -0.368 e. The molecule has 0 spiro atoms. The number of fused-ring (bicyclic) bond motifs is 1. The molecular formula is C18H30N6O. The summed E-state index contributed by atoms with van der Waals surface area (Å²) in [6, 6.07) is 1.96. The number of amides is 1. The third-order valence-corrected chi connectivity index (χ3v) is 3.56. The lowest BCUT2D eigenvalue weighted by molar-refractivity contribution is -0.118. The summed E-state index contributed by atoms with van der Waals surface area (Å²) in [5, 5.41) is 5.96. The smallest absolute Gasteiger partial charge is 0.222 e. The monoisotopic (exact) mass is 346 g/mol. The van der Waals surface area contributed by atoms with Gasteiger partial charge in [0.15, 0.2) is 5.82 Å². The van der Waals surface area contributed by atoms with Gasteiger partial charge in [0.05, 0.1) is 5.52 Å². The highest BCUT2D eigenvalue weighted by molar-refractivity contribution is 5.86. The lowest BCUT2D eigenvalue weighted by atomic mass is 10.2. The topological polar surface area (TPSA) is 106 Å². The molecule has 2 aromatic rings. The Hall–Kier alpha value is -2.44. The Balaban J connectivity index is 0.000000705. The Kier molecular flexibility index (Phi) is 8.60. The quantitative estimate of drug-likeness (QED) is 0.742. The van der Waals surface area contributed by atoms with E-state index >= 15 is 0 Å². The maximum absolute atomic E-state index is 10.9. The van der Waals surface area contributed by atoms with E-state index < -0.39 is 0 Å². The number of hydrogen-bond donors (Lipinski definition) is 3. The molecule has 4 N–H and O–H groups in total. The van der Waals surface area contributed by atoms with E-state index in [9.17, 15) is 4.79 Å². The van der Waals surface area contributed by atoms with Gasteiger partial charge in [-0.2, -0.15) is 4.98 Å². The van der Waals surface area contributed by atoms with E-state index in [1.807, 2.05) is 19.2 Å². The molecule has 2 rings (SSSR count). The average Bonchev–Trinajstić information content (AvgIpc) is 2.59. The number of nitrogens with zero attached hydrogens (tertiary/aromatic N) is 3. The second-order valence-electron chi connectivity index (χ2n) is 5.98. The maximum atomic E-state index is 10.9. The van der Waals surface area contributed by atoms with Crippen molar-refractivity contribution in [1.29, 1.82) is 0 Å². The second-order valence-corrected chi connectivity index (χ2v) is 5.98. The molecule has 0 unspecified atom stereocenters. The van der Waals surface area contributed by atoms with Crippen LogP contribution < -0.4 is 16.4 Å². The van der Waals surface area contributed by atoms with Gasteiger partial charge >= 0.3 is 0 Å². The minimum atomic E-state index is -0.0681. The number of aromatic nitrogens is 3. The van der Waals surface area contributed by atoms with Crippen LogP contribution >= 0.6 is 0 Å². The number of rotatable bonds is 6. The van der Waals surface area contributed by atoms with Crippen LogP contribution in [0.15, 0.2) is 12.3 Å². The van der Waals surface area contributed by atoms with Gasteiger partial charge in [0, 0.05) is 25.7 Å². The molecule has 0 saturated carbocycles. The number of anilines is 2. The van der Waals surface area contributed by atoms with Crippen molar-refractivity contribution in [3.8, 4) is 0 Å². The van der Waals surface area contributed by atoms with Gasteiger partial charge in [-0.05, 0) is 25.0 Å². The normalized spacial score (nSPS) is 11.4. The number of pyridine rings is 1. The van der Waals surface area contributed by atoms with Gasteiger partial charge in [-0.25, -0.2) is 4.98 Å². The van der Waals surface area contributed by atoms with Gasteiger partial charge in [-0.3, -0.25) is 9.78 Å². The third-order valence-electron chi connectivity index (χ3n) is 3.56. The molecule has 0 fully saturated rings. The molecule has 138 valence electrons. The molecule has 7 nitrogen and oxygen atoms in total. The van der Waals surface area contributed by atoms with Crippen molar-refractivity contribution in [3.05, 3.63) is 17.8 Å². The molecule has 0 bridgehead atoms. The van der Waals surface area contributed by atoms with Crippen molar-refractivity contribution in [2.45, 2.75) is 59.9 Å². The summed E-state index contributed by atoms with van der Waals surface area (Å²) >= 11 is 0. The highest BCUT2D eigenvalue weighted by Gasteiger charge is 2.11. The van der Waals surface area contributed by atoms with Crippen molar-refractivity contribution in [2.75, 3.05) is 17.6 Å². The Morgan fingerprint density at radius 1 is 1.24 bits per heavy atom. The van der Waals surface area contributed by atoms with Crippen LogP contribution in [0.25, 0.3) is 11.0 Å². The standard InChI is InChI=1S/C14H20N6O.C4H10/c1-4-10-5-11-12(17-7-10)13(20-14(15)19-11)18-8(2)6-16-9(3)21;1-3-4-2/h5,7-8H,4,6H2,1-3H3,(H,16,21)(H3,15,18,19,20);3-4H2,1-2H3/t8-;/m0./s1. The fourth-order valence-corrected chi connectivity index (χ4v) is 1.95. The Labute approximate surface area is 149 Å². The molecular weight excluding hydrogens is 316 g/mol. The van der Waals surface area contributed by atoms with Gasteiger partial charge in [-0.1, -0.05) is 33.6 Å². The molecule has 1 atom stereocenters.